The van der Waals surface area contributed by atoms with Gasteiger partial charge in [0.2, 0.25) is 11.9 Å². The fraction of sp³-hybridized carbons (Fsp3) is 0.375. The summed E-state index contributed by atoms with van der Waals surface area (Å²) in [6, 6.07) is 11.2. The number of hydrogen-bond donors (Lipinski definition) is 1. The topological polar surface area (TPSA) is 74.2 Å². The zero-order chi connectivity index (χ0) is 25.2. The number of guanidine groups is 1. The van der Waals surface area contributed by atoms with E-state index >= 15 is 0 Å². The molecule has 35 heavy (non-hydrogen) atoms. The van der Waals surface area contributed by atoms with Gasteiger partial charge in [0.05, 0.1) is 12.2 Å². The zero-order valence-electron chi connectivity index (χ0n) is 18.9. The summed E-state index contributed by atoms with van der Waals surface area (Å²) in [5, 5.41) is 3.22. The molecule has 2 atom stereocenters. The lowest BCUT2D eigenvalue weighted by Gasteiger charge is -2.39. The van der Waals surface area contributed by atoms with Gasteiger partial charge in [-0.25, -0.2) is 4.99 Å². The average molecular weight is 509 g/mol. The standard InChI is InChI=1S/C24H24ClF3N4O3/c1-2-35-22(34)19-20(15-6-8-17(25)9-7-15)29-23(30-21(19)33)32-12-10-31(11-13-32)18-5-3-4-16(14-18)24(26,27)28/h3-9,14,19-20H,2,10-13H2,1H3,(H,29,30,33)/t19-,20+/m0/s1. The lowest BCUT2D eigenvalue weighted by atomic mass is 9.91. The third kappa shape index (κ3) is 5.53. The van der Waals surface area contributed by atoms with E-state index in [4.69, 9.17) is 16.3 Å². The van der Waals surface area contributed by atoms with Gasteiger partial charge in [-0.1, -0.05) is 29.8 Å². The molecule has 1 saturated heterocycles. The summed E-state index contributed by atoms with van der Waals surface area (Å²) < 4.78 is 44.4. The van der Waals surface area contributed by atoms with Crippen LogP contribution in [0.5, 0.6) is 0 Å². The Labute approximate surface area is 205 Å². The van der Waals surface area contributed by atoms with E-state index in [0.29, 0.717) is 48.4 Å². The van der Waals surface area contributed by atoms with E-state index in [0.717, 1.165) is 12.1 Å². The van der Waals surface area contributed by atoms with Crippen LogP contribution < -0.4 is 10.2 Å². The SMILES string of the molecule is CCOC(=O)[C@@H]1C(=O)NC(N2CCN(c3cccc(C(F)(F)F)c3)CC2)=N[C@@H]1c1ccc(Cl)cc1. The van der Waals surface area contributed by atoms with Crippen LogP contribution in [0.1, 0.15) is 24.1 Å². The first kappa shape index (κ1) is 24.8. The normalized spacial score (nSPS) is 20.8. The molecule has 1 fully saturated rings. The minimum atomic E-state index is -4.41. The third-order valence-corrected chi connectivity index (χ3v) is 6.22. The molecule has 0 unspecified atom stereocenters. The number of nitrogens with one attached hydrogen (secondary N) is 1. The lowest BCUT2D eigenvalue weighted by Crippen LogP contribution is -2.57. The molecule has 2 aliphatic rings. The van der Waals surface area contributed by atoms with Crippen LogP contribution in [0.25, 0.3) is 0 Å². The van der Waals surface area contributed by atoms with Crippen molar-refractivity contribution in [3.05, 3.63) is 64.7 Å². The Morgan fingerprint density at radius 2 is 1.77 bits per heavy atom. The largest absolute Gasteiger partial charge is 0.465 e. The Morgan fingerprint density at radius 3 is 2.40 bits per heavy atom. The van der Waals surface area contributed by atoms with Crippen molar-refractivity contribution in [3.8, 4) is 0 Å². The van der Waals surface area contributed by atoms with Crippen LogP contribution in [0.2, 0.25) is 5.02 Å². The minimum absolute atomic E-state index is 0.129. The molecular formula is C24H24ClF3N4O3. The van der Waals surface area contributed by atoms with Crippen LogP contribution in [0, 0.1) is 5.92 Å². The van der Waals surface area contributed by atoms with Gasteiger partial charge >= 0.3 is 12.1 Å². The number of nitrogens with zero attached hydrogens (tertiary/aromatic N) is 3. The molecule has 1 N–H and O–H groups in total. The average Bonchev–Trinajstić information content (AvgIpc) is 2.84. The molecule has 0 bridgehead atoms. The fourth-order valence-electron chi connectivity index (χ4n) is 4.18. The number of piperazine rings is 1. The summed E-state index contributed by atoms with van der Waals surface area (Å²) in [4.78, 5) is 33.9. The van der Waals surface area contributed by atoms with Crippen LogP contribution in [-0.2, 0) is 20.5 Å². The van der Waals surface area contributed by atoms with Gasteiger partial charge in [0.1, 0.15) is 6.04 Å². The minimum Gasteiger partial charge on any atom is -0.465 e. The maximum atomic E-state index is 13.1. The molecule has 2 aromatic carbocycles. The summed E-state index contributed by atoms with van der Waals surface area (Å²) in [5.74, 6) is -2.01. The van der Waals surface area contributed by atoms with E-state index in [-0.39, 0.29) is 6.61 Å². The van der Waals surface area contributed by atoms with E-state index < -0.39 is 35.6 Å². The van der Waals surface area contributed by atoms with Crippen molar-refractivity contribution in [2.24, 2.45) is 10.9 Å². The van der Waals surface area contributed by atoms with E-state index in [2.05, 4.69) is 10.3 Å². The molecule has 1 amide bonds. The van der Waals surface area contributed by atoms with Crippen molar-refractivity contribution in [2.75, 3.05) is 37.7 Å². The molecule has 4 rings (SSSR count). The number of carbonyl (C=O) groups is 2. The molecule has 0 spiro atoms. The number of rotatable bonds is 4. The first-order valence-electron chi connectivity index (χ1n) is 11.2. The van der Waals surface area contributed by atoms with Gasteiger partial charge < -0.3 is 14.5 Å². The molecule has 0 saturated carbocycles. The Hall–Kier alpha value is -3.27. The molecule has 2 aromatic rings. The highest BCUT2D eigenvalue weighted by atomic mass is 35.5. The molecule has 0 radical (unpaired) electrons. The van der Waals surface area contributed by atoms with Crippen molar-refractivity contribution < 1.29 is 27.5 Å². The first-order chi connectivity index (χ1) is 16.7. The number of ether oxygens (including phenoxy) is 1. The van der Waals surface area contributed by atoms with Gasteiger partial charge in [0, 0.05) is 36.9 Å². The summed E-state index contributed by atoms with van der Waals surface area (Å²) in [5.41, 5.74) is 0.426. The highest BCUT2D eigenvalue weighted by Gasteiger charge is 2.42. The maximum Gasteiger partial charge on any atom is 0.416 e. The van der Waals surface area contributed by atoms with E-state index in [1.807, 2.05) is 9.80 Å². The third-order valence-electron chi connectivity index (χ3n) is 5.96. The number of halogens is 4. The van der Waals surface area contributed by atoms with Crippen molar-refractivity contribution in [3.63, 3.8) is 0 Å². The predicted molar refractivity (Wildman–Crippen MR) is 125 cm³/mol. The molecule has 7 nitrogen and oxygen atoms in total. The van der Waals surface area contributed by atoms with Crippen LogP contribution in [-0.4, -0.2) is 55.5 Å². The lowest BCUT2D eigenvalue weighted by molar-refractivity contribution is -0.153. The number of aliphatic imine (C=N–C) groups is 1. The summed E-state index contributed by atoms with van der Waals surface area (Å²) in [6.07, 6.45) is -4.41. The second kappa shape index (κ2) is 10.2. The van der Waals surface area contributed by atoms with E-state index in [1.54, 1.807) is 37.3 Å². The van der Waals surface area contributed by atoms with E-state index in [9.17, 15) is 22.8 Å². The van der Waals surface area contributed by atoms with E-state index in [1.165, 1.54) is 6.07 Å². The molecule has 11 heteroatoms. The number of hydrogen-bond acceptors (Lipinski definition) is 6. The maximum absolute atomic E-state index is 13.1. The first-order valence-corrected chi connectivity index (χ1v) is 11.5. The predicted octanol–water partition coefficient (Wildman–Crippen LogP) is 3.89. The van der Waals surface area contributed by atoms with Crippen molar-refractivity contribution in [1.82, 2.24) is 10.2 Å². The summed E-state index contributed by atoms with van der Waals surface area (Å²) >= 11 is 6.00. The molecule has 2 heterocycles. The van der Waals surface area contributed by atoms with Crippen LogP contribution in [0.3, 0.4) is 0 Å². The number of carbonyl (C=O) groups excluding carboxylic acids is 2. The molecular weight excluding hydrogens is 485 g/mol. The number of alkyl halides is 3. The van der Waals surface area contributed by atoms with Crippen LogP contribution in [0.15, 0.2) is 53.5 Å². The van der Waals surface area contributed by atoms with Gasteiger partial charge in [-0.2, -0.15) is 13.2 Å². The van der Waals surface area contributed by atoms with Crippen LogP contribution >= 0.6 is 11.6 Å². The highest BCUT2D eigenvalue weighted by Crippen LogP contribution is 2.33. The summed E-state index contributed by atoms with van der Waals surface area (Å²) in [6.45, 7) is 3.50. The molecule has 2 aliphatic heterocycles. The van der Waals surface area contributed by atoms with Gasteiger partial charge in [-0.05, 0) is 42.8 Å². The Morgan fingerprint density at radius 1 is 1.11 bits per heavy atom. The smallest absolute Gasteiger partial charge is 0.416 e. The van der Waals surface area contributed by atoms with Crippen molar-refractivity contribution in [2.45, 2.75) is 19.1 Å². The molecule has 0 aliphatic carbocycles. The van der Waals surface area contributed by atoms with Crippen LogP contribution in [0.4, 0.5) is 18.9 Å². The Bertz CT molecular complexity index is 1120. The number of amides is 1. The Kier molecular flexibility index (Phi) is 7.20. The molecule has 0 aromatic heterocycles. The Balaban J connectivity index is 1.54. The fourth-order valence-corrected chi connectivity index (χ4v) is 4.31. The second-order valence-electron chi connectivity index (χ2n) is 8.19. The number of benzene rings is 2. The van der Waals surface area contributed by atoms with Crippen molar-refractivity contribution in [1.29, 1.82) is 0 Å². The monoisotopic (exact) mass is 508 g/mol. The van der Waals surface area contributed by atoms with Gasteiger partial charge in [-0.15, -0.1) is 0 Å². The second-order valence-corrected chi connectivity index (χ2v) is 8.63. The highest BCUT2D eigenvalue weighted by molar-refractivity contribution is 6.30. The van der Waals surface area contributed by atoms with Crippen molar-refractivity contribution >= 4 is 35.1 Å². The zero-order valence-corrected chi connectivity index (χ0v) is 19.6. The summed E-state index contributed by atoms with van der Waals surface area (Å²) in [7, 11) is 0. The quantitative estimate of drug-likeness (QED) is 0.501. The number of esters is 1. The van der Waals surface area contributed by atoms with Gasteiger partial charge in [-0.3, -0.25) is 14.9 Å². The van der Waals surface area contributed by atoms with Gasteiger partial charge in [0.25, 0.3) is 0 Å². The molecule has 186 valence electrons. The number of anilines is 1. The van der Waals surface area contributed by atoms with Gasteiger partial charge in [0.15, 0.2) is 5.92 Å².